The fourth-order valence-electron chi connectivity index (χ4n) is 4.11. The molecule has 0 saturated carbocycles. The Morgan fingerprint density at radius 2 is 1.35 bits per heavy atom. The second kappa shape index (κ2) is 10.6. The van der Waals surface area contributed by atoms with Gasteiger partial charge in [0.25, 0.3) is 0 Å². The number of aromatic nitrogens is 1. The molecule has 0 fully saturated rings. The predicted molar refractivity (Wildman–Crippen MR) is 144 cm³/mol. The Hall–Kier alpha value is -3.91. The summed E-state index contributed by atoms with van der Waals surface area (Å²) in [7, 11) is -3.84. The summed E-state index contributed by atoms with van der Waals surface area (Å²) in [6.07, 6.45) is 1.35. The Kier molecular flexibility index (Phi) is 7.10. The van der Waals surface area contributed by atoms with Crippen LogP contribution in [0.5, 0.6) is 0 Å². The highest BCUT2D eigenvalue weighted by Gasteiger charge is 2.25. The monoisotopic (exact) mass is 530 g/mol. The average molecular weight is 531 g/mol. The topological polar surface area (TPSA) is 72.5 Å². The molecular formula is C29H23ClN2O4S. The first-order valence-corrected chi connectivity index (χ1v) is 13.4. The molecule has 8 heteroatoms. The number of benzene rings is 4. The van der Waals surface area contributed by atoms with E-state index < -0.39 is 15.8 Å². The molecule has 0 radical (unpaired) electrons. The zero-order chi connectivity index (χ0) is 25.8. The Labute approximate surface area is 220 Å². The molecule has 0 spiro atoms. The number of hydrogen-bond acceptors (Lipinski definition) is 4. The minimum atomic E-state index is -3.84. The van der Waals surface area contributed by atoms with Crippen LogP contribution in [-0.2, 0) is 23.1 Å². The maximum absolute atomic E-state index is 13.8. The van der Waals surface area contributed by atoms with Crippen LogP contribution in [0.4, 0.5) is 0 Å². The molecule has 0 atom stereocenters. The lowest BCUT2D eigenvalue weighted by Crippen LogP contribution is -2.30. The van der Waals surface area contributed by atoms with Gasteiger partial charge < -0.3 is 4.42 Å². The molecule has 4 aromatic carbocycles. The smallest absolute Gasteiger partial charge is 0.415 e. The van der Waals surface area contributed by atoms with Crippen molar-refractivity contribution in [2.45, 2.75) is 18.0 Å². The number of hydrogen-bond donors (Lipinski definition) is 0. The van der Waals surface area contributed by atoms with Crippen LogP contribution >= 0.6 is 11.6 Å². The Bertz CT molecular complexity index is 1620. The number of oxazole rings is 1. The van der Waals surface area contributed by atoms with Crippen LogP contribution in [-0.4, -0.2) is 17.3 Å². The van der Waals surface area contributed by atoms with Gasteiger partial charge in [0.2, 0.25) is 10.0 Å². The fraction of sp³-hybridized carbons (Fsp3) is 0.0690. The zero-order valence-electron chi connectivity index (χ0n) is 19.7. The largest absolute Gasteiger partial charge is 0.424 e. The third-order valence-electron chi connectivity index (χ3n) is 5.95. The Morgan fingerprint density at radius 3 is 1.92 bits per heavy atom. The van der Waals surface area contributed by atoms with Gasteiger partial charge in [-0.05, 0) is 41.5 Å². The molecule has 0 unspecified atom stereocenters. The van der Waals surface area contributed by atoms with Crippen LogP contribution in [0.2, 0.25) is 5.02 Å². The predicted octanol–water partition coefficient (Wildman–Crippen LogP) is 6.14. The van der Waals surface area contributed by atoms with Crippen LogP contribution in [0.1, 0.15) is 11.1 Å². The van der Waals surface area contributed by atoms with E-state index in [1.165, 1.54) is 15.1 Å². The molecule has 37 heavy (non-hydrogen) atoms. The normalized spacial score (nSPS) is 11.6. The van der Waals surface area contributed by atoms with Crippen molar-refractivity contribution >= 4 is 21.6 Å². The van der Waals surface area contributed by atoms with Gasteiger partial charge in [-0.15, -0.1) is 0 Å². The lowest BCUT2D eigenvalue weighted by atomic mass is 10.1. The van der Waals surface area contributed by atoms with Gasteiger partial charge in [0.1, 0.15) is 6.26 Å². The first-order valence-electron chi connectivity index (χ1n) is 11.6. The molecule has 0 aliphatic heterocycles. The van der Waals surface area contributed by atoms with Crippen LogP contribution < -0.4 is 5.76 Å². The zero-order valence-corrected chi connectivity index (χ0v) is 21.3. The maximum Gasteiger partial charge on any atom is 0.424 e. The fourth-order valence-corrected chi connectivity index (χ4v) is 5.71. The number of halogens is 1. The van der Waals surface area contributed by atoms with E-state index in [4.69, 9.17) is 16.0 Å². The summed E-state index contributed by atoms with van der Waals surface area (Å²) in [5, 5.41) is 0.481. The Balaban J connectivity index is 1.49. The molecule has 5 aromatic rings. The van der Waals surface area contributed by atoms with Crippen molar-refractivity contribution in [2.75, 3.05) is 0 Å². The van der Waals surface area contributed by atoms with Crippen molar-refractivity contribution in [1.82, 2.24) is 8.87 Å². The molecule has 5 rings (SSSR count). The first-order chi connectivity index (χ1) is 17.9. The van der Waals surface area contributed by atoms with E-state index in [0.717, 1.165) is 11.1 Å². The summed E-state index contributed by atoms with van der Waals surface area (Å²) in [6.45, 7) is 0.464. The Morgan fingerprint density at radius 1 is 0.757 bits per heavy atom. The highest BCUT2D eigenvalue weighted by molar-refractivity contribution is 7.89. The molecule has 1 aromatic heterocycles. The molecule has 0 saturated heterocycles. The quantitative estimate of drug-likeness (QED) is 0.241. The minimum absolute atomic E-state index is 0.156. The molecule has 0 N–H and O–H groups in total. The third kappa shape index (κ3) is 5.44. The second-order valence-corrected chi connectivity index (χ2v) is 10.8. The molecule has 0 amide bonds. The van der Waals surface area contributed by atoms with E-state index in [-0.39, 0.29) is 18.0 Å². The van der Waals surface area contributed by atoms with Crippen LogP contribution in [0.15, 0.2) is 130 Å². The average Bonchev–Trinajstić information content (AvgIpc) is 3.31. The van der Waals surface area contributed by atoms with Crippen LogP contribution in [0.25, 0.3) is 16.9 Å². The van der Waals surface area contributed by atoms with Gasteiger partial charge in [-0.25, -0.2) is 17.8 Å². The third-order valence-corrected chi connectivity index (χ3v) is 7.99. The summed E-state index contributed by atoms with van der Waals surface area (Å²) >= 11 is 6.11. The summed E-state index contributed by atoms with van der Waals surface area (Å²) in [6, 6.07) is 32.3. The van der Waals surface area contributed by atoms with Gasteiger partial charge in [0.15, 0.2) is 0 Å². The summed E-state index contributed by atoms with van der Waals surface area (Å²) in [5.74, 6) is -0.564. The van der Waals surface area contributed by atoms with Crippen molar-refractivity contribution in [2.24, 2.45) is 0 Å². The standard InChI is InChI=1S/C29H23ClN2O4S/c30-25-12-7-13-26(18-25)32-28(21-36-29(32)33)24-14-16-27(17-15-24)37(34,35)31(19-22-8-3-1-4-9-22)20-23-10-5-2-6-11-23/h1-18,21H,19-20H2. The summed E-state index contributed by atoms with van der Waals surface area (Å²) in [5.41, 5.74) is 3.45. The van der Waals surface area contributed by atoms with Gasteiger partial charge in [-0.2, -0.15) is 4.31 Å². The summed E-state index contributed by atoms with van der Waals surface area (Å²) in [4.78, 5) is 12.6. The van der Waals surface area contributed by atoms with Crippen molar-refractivity contribution in [3.8, 4) is 16.9 Å². The molecule has 0 aliphatic rings. The van der Waals surface area contributed by atoms with E-state index in [2.05, 4.69) is 0 Å². The molecule has 186 valence electrons. The van der Waals surface area contributed by atoms with E-state index in [0.29, 0.717) is 22.0 Å². The summed E-state index contributed by atoms with van der Waals surface area (Å²) < 4.78 is 35.5. The van der Waals surface area contributed by atoms with Gasteiger partial charge in [0, 0.05) is 23.7 Å². The first kappa shape index (κ1) is 24.8. The maximum atomic E-state index is 13.8. The lowest BCUT2D eigenvalue weighted by Gasteiger charge is -2.23. The highest BCUT2D eigenvalue weighted by Crippen LogP contribution is 2.27. The molecular weight excluding hydrogens is 508 g/mol. The van der Waals surface area contributed by atoms with E-state index in [1.807, 2.05) is 60.7 Å². The lowest BCUT2D eigenvalue weighted by molar-refractivity contribution is 0.401. The van der Waals surface area contributed by atoms with Crippen molar-refractivity contribution in [3.63, 3.8) is 0 Å². The van der Waals surface area contributed by atoms with Gasteiger partial charge in [-0.1, -0.05) is 90.5 Å². The van der Waals surface area contributed by atoms with Crippen molar-refractivity contribution in [1.29, 1.82) is 0 Å². The number of nitrogens with zero attached hydrogens (tertiary/aromatic N) is 2. The van der Waals surface area contributed by atoms with Gasteiger partial charge in [-0.3, -0.25) is 0 Å². The second-order valence-electron chi connectivity index (χ2n) is 8.47. The molecule has 1 heterocycles. The highest BCUT2D eigenvalue weighted by atomic mass is 35.5. The van der Waals surface area contributed by atoms with E-state index in [1.54, 1.807) is 48.5 Å². The van der Waals surface area contributed by atoms with Gasteiger partial charge in [0.05, 0.1) is 16.3 Å². The van der Waals surface area contributed by atoms with Gasteiger partial charge >= 0.3 is 5.76 Å². The number of sulfonamides is 1. The number of rotatable bonds is 8. The van der Waals surface area contributed by atoms with Crippen molar-refractivity contribution < 1.29 is 12.8 Å². The molecule has 0 bridgehead atoms. The van der Waals surface area contributed by atoms with Crippen LogP contribution in [0, 0.1) is 0 Å². The molecule has 0 aliphatic carbocycles. The SMILES string of the molecule is O=c1occ(-c2ccc(S(=O)(=O)N(Cc3ccccc3)Cc3ccccc3)cc2)n1-c1cccc(Cl)c1. The van der Waals surface area contributed by atoms with Crippen LogP contribution in [0.3, 0.4) is 0 Å². The minimum Gasteiger partial charge on any atom is -0.415 e. The van der Waals surface area contributed by atoms with E-state index in [9.17, 15) is 13.2 Å². The van der Waals surface area contributed by atoms with E-state index >= 15 is 0 Å². The van der Waals surface area contributed by atoms with Crippen molar-refractivity contribution in [3.05, 3.63) is 142 Å². The molecule has 6 nitrogen and oxygen atoms in total.